The minimum absolute atomic E-state index is 0.239. The number of carbonyl (C=O) groups is 1. The predicted octanol–water partition coefficient (Wildman–Crippen LogP) is 2.71. The van der Waals surface area contributed by atoms with E-state index in [0.717, 1.165) is 38.3 Å². The molecule has 0 bridgehead atoms. The van der Waals surface area contributed by atoms with Gasteiger partial charge in [0.1, 0.15) is 0 Å². The molecule has 3 nitrogen and oxygen atoms in total. The summed E-state index contributed by atoms with van der Waals surface area (Å²) in [4.78, 5) is 12.1. The van der Waals surface area contributed by atoms with Crippen LogP contribution in [-0.2, 0) is 4.79 Å². The third kappa shape index (κ3) is 5.85. The molecule has 0 radical (unpaired) electrons. The molecule has 1 saturated carbocycles. The smallest absolute Gasteiger partial charge is 0.223 e. The van der Waals surface area contributed by atoms with Crippen LogP contribution < -0.4 is 10.6 Å². The highest BCUT2D eigenvalue weighted by Gasteiger charge is 2.22. The highest BCUT2D eigenvalue weighted by molar-refractivity contribution is 5.78. The van der Waals surface area contributed by atoms with Crippen LogP contribution in [0.1, 0.15) is 58.3 Å². The quantitative estimate of drug-likeness (QED) is 0.654. The van der Waals surface area contributed by atoms with Crippen molar-refractivity contribution in [3.05, 3.63) is 0 Å². The van der Waals surface area contributed by atoms with Crippen LogP contribution in [0.15, 0.2) is 0 Å². The van der Waals surface area contributed by atoms with Crippen LogP contribution in [0.25, 0.3) is 0 Å². The summed E-state index contributed by atoms with van der Waals surface area (Å²) in [5.74, 6) is 1.31. The topological polar surface area (TPSA) is 41.1 Å². The van der Waals surface area contributed by atoms with Crippen LogP contribution in [0.5, 0.6) is 0 Å². The van der Waals surface area contributed by atoms with E-state index in [-0.39, 0.29) is 11.8 Å². The van der Waals surface area contributed by atoms with Crippen LogP contribution in [0, 0.1) is 11.8 Å². The van der Waals surface area contributed by atoms with Crippen molar-refractivity contribution in [3.63, 3.8) is 0 Å². The number of rotatable bonds is 8. The van der Waals surface area contributed by atoms with Gasteiger partial charge in [-0.2, -0.15) is 0 Å². The van der Waals surface area contributed by atoms with E-state index >= 15 is 0 Å². The Kier molecular flexibility index (Phi) is 8.06. The third-order valence-corrected chi connectivity index (χ3v) is 4.11. The zero-order chi connectivity index (χ0) is 13.2. The van der Waals surface area contributed by atoms with Gasteiger partial charge in [-0.1, -0.05) is 39.0 Å². The first-order chi connectivity index (χ1) is 8.77. The molecule has 106 valence electrons. The van der Waals surface area contributed by atoms with Crippen LogP contribution in [0.4, 0.5) is 0 Å². The van der Waals surface area contributed by atoms with Crippen LogP contribution in [0.2, 0.25) is 0 Å². The van der Waals surface area contributed by atoms with Crippen molar-refractivity contribution >= 4 is 5.91 Å². The Morgan fingerprint density at radius 2 is 1.94 bits per heavy atom. The standard InChI is InChI=1S/C15H30N2O/c1-3-14(12-13-8-5-4-6-9-13)15(18)17-11-7-10-16-2/h13-14,16H,3-12H2,1-2H3,(H,17,18). The lowest BCUT2D eigenvalue weighted by Gasteiger charge is -2.25. The van der Waals surface area contributed by atoms with E-state index in [1.165, 1.54) is 32.1 Å². The lowest BCUT2D eigenvalue weighted by molar-refractivity contribution is -0.125. The van der Waals surface area contributed by atoms with Crippen LogP contribution in [-0.4, -0.2) is 26.0 Å². The monoisotopic (exact) mass is 254 g/mol. The molecule has 1 rings (SSSR count). The zero-order valence-corrected chi connectivity index (χ0v) is 12.1. The van der Waals surface area contributed by atoms with Gasteiger partial charge in [-0.25, -0.2) is 0 Å². The highest BCUT2D eigenvalue weighted by Crippen LogP contribution is 2.30. The van der Waals surface area contributed by atoms with E-state index in [2.05, 4.69) is 17.6 Å². The first kappa shape index (κ1) is 15.5. The Morgan fingerprint density at radius 1 is 1.22 bits per heavy atom. The fraction of sp³-hybridized carbons (Fsp3) is 0.933. The molecule has 18 heavy (non-hydrogen) atoms. The van der Waals surface area contributed by atoms with E-state index in [1.807, 2.05) is 7.05 Å². The van der Waals surface area contributed by atoms with Crippen LogP contribution in [0.3, 0.4) is 0 Å². The SMILES string of the molecule is CCC(CC1CCCCC1)C(=O)NCCCNC. The lowest BCUT2D eigenvalue weighted by Crippen LogP contribution is -2.33. The predicted molar refractivity (Wildman–Crippen MR) is 76.5 cm³/mol. The molecule has 0 saturated heterocycles. The number of nitrogens with one attached hydrogen (secondary N) is 2. The van der Waals surface area contributed by atoms with Gasteiger partial charge in [0, 0.05) is 12.5 Å². The number of amides is 1. The fourth-order valence-corrected chi connectivity index (χ4v) is 2.91. The molecule has 0 aromatic heterocycles. The Balaban J connectivity index is 2.23. The second-order valence-corrected chi connectivity index (χ2v) is 5.59. The second-order valence-electron chi connectivity index (χ2n) is 5.59. The summed E-state index contributed by atoms with van der Waals surface area (Å²) in [6.45, 7) is 3.92. The summed E-state index contributed by atoms with van der Waals surface area (Å²) >= 11 is 0. The van der Waals surface area contributed by atoms with E-state index in [4.69, 9.17) is 0 Å². The van der Waals surface area contributed by atoms with E-state index in [0.29, 0.717) is 0 Å². The normalized spacial score (nSPS) is 18.6. The van der Waals surface area contributed by atoms with Gasteiger partial charge in [0.2, 0.25) is 5.91 Å². The molecule has 0 aromatic carbocycles. The first-order valence-corrected chi connectivity index (χ1v) is 7.70. The molecule has 1 atom stereocenters. The zero-order valence-electron chi connectivity index (χ0n) is 12.1. The number of carbonyl (C=O) groups excluding carboxylic acids is 1. The Labute approximate surface area is 112 Å². The van der Waals surface area contributed by atoms with Crippen molar-refractivity contribution < 1.29 is 4.79 Å². The minimum atomic E-state index is 0.239. The molecule has 1 amide bonds. The number of hydrogen-bond donors (Lipinski definition) is 2. The molecule has 0 heterocycles. The Bertz CT molecular complexity index is 225. The van der Waals surface area contributed by atoms with Gasteiger partial charge in [0.15, 0.2) is 0 Å². The van der Waals surface area contributed by atoms with E-state index in [9.17, 15) is 4.79 Å². The molecule has 1 fully saturated rings. The second kappa shape index (κ2) is 9.37. The summed E-state index contributed by atoms with van der Waals surface area (Å²) in [6.07, 6.45) is 9.90. The Morgan fingerprint density at radius 3 is 2.56 bits per heavy atom. The summed E-state index contributed by atoms with van der Waals surface area (Å²) in [7, 11) is 1.94. The Hall–Kier alpha value is -0.570. The lowest BCUT2D eigenvalue weighted by atomic mass is 9.82. The van der Waals surface area contributed by atoms with Gasteiger partial charge >= 0.3 is 0 Å². The molecule has 0 aromatic rings. The molecule has 0 aliphatic heterocycles. The summed E-state index contributed by atoms with van der Waals surface area (Å²) < 4.78 is 0. The molecule has 1 aliphatic carbocycles. The summed E-state index contributed by atoms with van der Waals surface area (Å²) in [5, 5.41) is 6.18. The van der Waals surface area contributed by atoms with E-state index < -0.39 is 0 Å². The van der Waals surface area contributed by atoms with Crippen molar-refractivity contribution in [1.29, 1.82) is 0 Å². The first-order valence-electron chi connectivity index (χ1n) is 7.70. The van der Waals surface area contributed by atoms with Crippen molar-refractivity contribution in [1.82, 2.24) is 10.6 Å². The molecule has 1 unspecified atom stereocenters. The summed E-state index contributed by atoms with van der Waals surface area (Å²) in [6, 6.07) is 0. The maximum atomic E-state index is 12.1. The molecule has 1 aliphatic rings. The fourth-order valence-electron chi connectivity index (χ4n) is 2.91. The molecular formula is C15H30N2O. The highest BCUT2D eigenvalue weighted by atomic mass is 16.1. The average molecular weight is 254 g/mol. The largest absolute Gasteiger partial charge is 0.356 e. The maximum absolute atomic E-state index is 12.1. The molecule has 2 N–H and O–H groups in total. The third-order valence-electron chi connectivity index (χ3n) is 4.11. The minimum Gasteiger partial charge on any atom is -0.356 e. The molecule has 3 heteroatoms. The molecular weight excluding hydrogens is 224 g/mol. The molecule has 0 spiro atoms. The van der Waals surface area contributed by atoms with Gasteiger partial charge in [-0.3, -0.25) is 4.79 Å². The van der Waals surface area contributed by atoms with E-state index in [1.54, 1.807) is 0 Å². The van der Waals surface area contributed by atoms with Gasteiger partial charge in [0.25, 0.3) is 0 Å². The van der Waals surface area contributed by atoms with Crippen LogP contribution >= 0.6 is 0 Å². The number of hydrogen-bond acceptors (Lipinski definition) is 2. The van der Waals surface area contributed by atoms with Gasteiger partial charge < -0.3 is 10.6 Å². The maximum Gasteiger partial charge on any atom is 0.223 e. The van der Waals surface area contributed by atoms with Crippen molar-refractivity contribution in [3.8, 4) is 0 Å². The van der Waals surface area contributed by atoms with Crippen molar-refractivity contribution in [2.75, 3.05) is 20.1 Å². The summed E-state index contributed by atoms with van der Waals surface area (Å²) in [5.41, 5.74) is 0. The van der Waals surface area contributed by atoms with Gasteiger partial charge in [-0.05, 0) is 38.8 Å². The van der Waals surface area contributed by atoms with Crippen molar-refractivity contribution in [2.24, 2.45) is 11.8 Å². The van der Waals surface area contributed by atoms with Gasteiger partial charge in [0.05, 0.1) is 0 Å². The van der Waals surface area contributed by atoms with Gasteiger partial charge in [-0.15, -0.1) is 0 Å². The average Bonchev–Trinajstić information content (AvgIpc) is 2.42. The van der Waals surface area contributed by atoms with Crippen molar-refractivity contribution in [2.45, 2.75) is 58.3 Å².